The smallest absolute Gasteiger partial charge is 0.254 e. The number of rotatable bonds is 6. The number of hydrogen-bond acceptors (Lipinski definition) is 3. The van der Waals surface area contributed by atoms with Gasteiger partial charge in [-0.1, -0.05) is 30.7 Å². The van der Waals surface area contributed by atoms with Gasteiger partial charge < -0.3 is 9.80 Å². The fraction of sp³-hybridized carbons (Fsp3) is 0.429. The maximum atomic E-state index is 13.0. The Labute approximate surface area is 160 Å². The lowest BCUT2D eigenvalue weighted by Gasteiger charge is -2.32. The minimum Gasteiger partial charge on any atom is -0.333 e. The summed E-state index contributed by atoms with van der Waals surface area (Å²) in [6.07, 6.45) is 5.82. The molecule has 1 saturated heterocycles. The Hall–Kier alpha value is -1.91. The van der Waals surface area contributed by atoms with Crippen molar-refractivity contribution in [2.75, 3.05) is 26.2 Å². The van der Waals surface area contributed by atoms with Crippen LogP contribution in [0.15, 0.2) is 48.8 Å². The van der Waals surface area contributed by atoms with Gasteiger partial charge >= 0.3 is 0 Å². The molecule has 1 aromatic carbocycles. The van der Waals surface area contributed by atoms with Gasteiger partial charge in [-0.2, -0.15) is 0 Å². The van der Waals surface area contributed by atoms with Crippen molar-refractivity contribution < 1.29 is 4.79 Å². The molecule has 0 unspecified atom stereocenters. The lowest BCUT2D eigenvalue weighted by Crippen LogP contribution is -2.41. The monoisotopic (exact) mass is 371 g/mol. The number of pyridine rings is 1. The Morgan fingerprint density at radius 2 is 1.81 bits per heavy atom. The quantitative estimate of drug-likeness (QED) is 0.766. The zero-order valence-corrected chi connectivity index (χ0v) is 16.0. The van der Waals surface area contributed by atoms with Crippen LogP contribution in [0.25, 0.3) is 0 Å². The second-order valence-corrected chi connectivity index (χ2v) is 7.55. The average Bonchev–Trinajstić information content (AvgIpc) is 2.68. The third kappa shape index (κ3) is 5.29. The number of benzene rings is 1. The molecule has 26 heavy (non-hydrogen) atoms. The Morgan fingerprint density at radius 3 is 2.46 bits per heavy atom. The van der Waals surface area contributed by atoms with Gasteiger partial charge in [0.1, 0.15) is 0 Å². The minimum atomic E-state index is 0.0488. The number of amides is 1. The summed E-state index contributed by atoms with van der Waals surface area (Å²) in [7, 11) is 0. The van der Waals surface area contributed by atoms with Crippen LogP contribution in [0.5, 0.6) is 0 Å². The summed E-state index contributed by atoms with van der Waals surface area (Å²) in [6.45, 7) is 6.79. The zero-order valence-electron chi connectivity index (χ0n) is 15.3. The molecule has 0 spiro atoms. The summed E-state index contributed by atoms with van der Waals surface area (Å²) >= 11 is 5.99. The van der Waals surface area contributed by atoms with E-state index in [1.807, 2.05) is 29.2 Å². The van der Waals surface area contributed by atoms with Crippen LogP contribution in [0.3, 0.4) is 0 Å². The molecule has 3 rings (SSSR count). The molecule has 1 aromatic heterocycles. The summed E-state index contributed by atoms with van der Waals surface area (Å²) in [5.74, 6) is 0.864. The molecular formula is C21H26ClN3O. The van der Waals surface area contributed by atoms with Gasteiger partial charge in [-0.05, 0) is 61.7 Å². The van der Waals surface area contributed by atoms with Crippen molar-refractivity contribution in [2.45, 2.75) is 26.3 Å². The van der Waals surface area contributed by atoms with E-state index >= 15 is 0 Å². The maximum Gasteiger partial charge on any atom is 0.254 e. The minimum absolute atomic E-state index is 0.0488. The lowest BCUT2D eigenvalue weighted by molar-refractivity contribution is 0.0709. The summed E-state index contributed by atoms with van der Waals surface area (Å²) < 4.78 is 0. The van der Waals surface area contributed by atoms with Crippen LogP contribution in [-0.4, -0.2) is 46.9 Å². The maximum absolute atomic E-state index is 13.0. The molecule has 4 nitrogen and oxygen atoms in total. The predicted octanol–water partition coefficient (Wildman–Crippen LogP) is 4.11. The van der Waals surface area contributed by atoms with E-state index in [1.54, 1.807) is 24.5 Å². The SMILES string of the molecule is CC1CCN(CCN(Cc2ccc(Cl)cc2)C(=O)c2ccncc2)CC1. The van der Waals surface area contributed by atoms with E-state index in [9.17, 15) is 4.79 Å². The van der Waals surface area contributed by atoms with Crippen molar-refractivity contribution in [3.63, 3.8) is 0 Å². The number of halogens is 1. The molecule has 0 N–H and O–H groups in total. The highest BCUT2D eigenvalue weighted by Crippen LogP contribution is 2.17. The second-order valence-electron chi connectivity index (χ2n) is 7.11. The molecule has 0 saturated carbocycles. The highest BCUT2D eigenvalue weighted by Gasteiger charge is 2.20. The third-order valence-electron chi connectivity index (χ3n) is 5.06. The number of piperidine rings is 1. The second kappa shape index (κ2) is 9.15. The molecule has 2 aromatic rings. The molecule has 1 aliphatic rings. The molecule has 138 valence electrons. The van der Waals surface area contributed by atoms with Crippen molar-refractivity contribution in [3.8, 4) is 0 Å². The molecule has 2 heterocycles. The summed E-state index contributed by atoms with van der Waals surface area (Å²) in [5.41, 5.74) is 1.77. The predicted molar refractivity (Wildman–Crippen MR) is 105 cm³/mol. The van der Waals surface area contributed by atoms with Gasteiger partial charge in [-0.25, -0.2) is 0 Å². The summed E-state index contributed by atoms with van der Waals surface area (Å²) in [4.78, 5) is 21.4. The van der Waals surface area contributed by atoms with E-state index in [1.165, 1.54) is 12.8 Å². The van der Waals surface area contributed by atoms with Gasteiger partial charge in [0.15, 0.2) is 0 Å². The van der Waals surface area contributed by atoms with Crippen LogP contribution >= 0.6 is 11.6 Å². The van der Waals surface area contributed by atoms with Gasteiger partial charge in [-0.3, -0.25) is 9.78 Å². The average molecular weight is 372 g/mol. The summed E-state index contributed by atoms with van der Waals surface area (Å²) in [5, 5.41) is 0.711. The molecule has 0 aliphatic carbocycles. The Morgan fingerprint density at radius 1 is 1.15 bits per heavy atom. The van der Waals surface area contributed by atoms with Crippen LogP contribution < -0.4 is 0 Å². The number of likely N-dealkylation sites (tertiary alicyclic amines) is 1. The van der Waals surface area contributed by atoms with Gasteiger partial charge in [-0.15, -0.1) is 0 Å². The molecule has 5 heteroatoms. The number of aromatic nitrogens is 1. The van der Waals surface area contributed by atoms with E-state index < -0.39 is 0 Å². The van der Waals surface area contributed by atoms with E-state index in [0.717, 1.165) is 37.7 Å². The van der Waals surface area contributed by atoms with Gasteiger partial charge in [0, 0.05) is 42.6 Å². The third-order valence-corrected chi connectivity index (χ3v) is 5.32. The number of carbonyl (C=O) groups is 1. The first kappa shape index (κ1) is 18.9. The number of nitrogens with zero attached hydrogens (tertiary/aromatic N) is 3. The van der Waals surface area contributed by atoms with Crippen LogP contribution in [0.1, 0.15) is 35.7 Å². The largest absolute Gasteiger partial charge is 0.333 e. The van der Waals surface area contributed by atoms with E-state index in [4.69, 9.17) is 11.6 Å². The van der Waals surface area contributed by atoms with Crippen LogP contribution in [0.4, 0.5) is 0 Å². The van der Waals surface area contributed by atoms with Crippen molar-refractivity contribution in [2.24, 2.45) is 5.92 Å². The fourth-order valence-electron chi connectivity index (χ4n) is 3.29. The van der Waals surface area contributed by atoms with Crippen molar-refractivity contribution >= 4 is 17.5 Å². The Bertz CT molecular complexity index is 697. The van der Waals surface area contributed by atoms with E-state index in [0.29, 0.717) is 17.1 Å². The zero-order chi connectivity index (χ0) is 18.4. The summed E-state index contributed by atoms with van der Waals surface area (Å²) in [6, 6.07) is 11.3. The van der Waals surface area contributed by atoms with E-state index in [-0.39, 0.29) is 5.91 Å². The van der Waals surface area contributed by atoms with Crippen molar-refractivity contribution in [3.05, 3.63) is 64.9 Å². The van der Waals surface area contributed by atoms with Crippen LogP contribution in [0, 0.1) is 5.92 Å². The molecule has 1 amide bonds. The topological polar surface area (TPSA) is 36.4 Å². The lowest BCUT2D eigenvalue weighted by atomic mass is 9.99. The normalized spacial score (nSPS) is 15.8. The molecular weight excluding hydrogens is 346 g/mol. The Kier molecular flexibility index (Phi) is 6.64. The first-order valence-corrected chi connectivity index (χ1v) is 9.65. The molecule has 1 fully saturated rings. The standard InChI is InChI=1S/C21H26ClN3O/c1-17-8-12-24(13-9-17)14-15-25(16-18-2-4-20(22)5-3-18)21(26)19-6-10-23-11-7-19/h2-7,10-11,17H,8-9,12-16H2,1H3. The molecule has 0 atom stereocenters. The van der Waals surface area contributed by atoms with Gasteiger partial charge in [0.25, 0.3) is 5.91 Å². The molecule has 1 aliphatic heterocycles. The van der Waals surface area contributed by atoms with E-state index in [2.05, 4.69) is 16.8 Å². The first-order valence-electron chi connectivity index (χ1n) is 9.28. The van der Waals surface area contributed by atoms with Crippen LogP contribution in [-0.2, 0) is 6.54 Å². The van der Waals surface area contributed by atoms with Gasteiger partial charge in [0.05, 0.1) is 0 Å². The van der Waals surface area contributed by atoms with Crippen molar-refractivity contribution in [1.82, 2.24) is 14.8 Å². The highest BCUT2D eigenvalue weighted by atomic mass is 35.5. The first-order chi connectivity index (χ1) is 12.6. The number of hydrogen-bond donors (Lipinski definition) is 0. The van der Waals surface area contributed by atoms with Crippen molar-refractivity contribution in [1.29, 1.82) is 0 Å². The van der Waals surface area contributed by atoms with Crippen LogP contribution in [0.2, 0.25) is 5.02 Å². The highest BCUT2D eigenvalue weighted by molar-refractivity contribution is 6.30. The van der Waals surface area contributed by atoms with Gasteiger partial charge in [0.2, 0.25) is 0 Å². The molecule has 0 bridgehead atoms. The molecule has 0 radical (unpaired) electrons. The fourth-order valence-corrected chi connectivity index (χ4v) is 3.41. The number of carbonyl (C=O) groups excluding carboxylic acids is 1. The Balaban J connectivity index is 1.68.